The second kappa shape index (κ2) is 8.16. The predicted molar refractivity (Wildman–Crippen MR) is 106 cm³/mol. The number of nitrogens with two attached hydrogens (primary N) is 1. The lowest BCUT2D eigenvalue weighted by atomic mass is 10.0. The fourth-order valence-electron chi connectivity index (χ4n) is 3.96. The van der Waals surface area contributed by atoms with Gasteiger partial charge in [-0.1, -0.05) is 12.5 Å². The van der Waals surface area contributed by atoms with E-state index >= 15 is 0 Å². The van der Waals surface area contributed by atoms with Crippen LogP contribution in [-0.2, 0) is 0 Å². The molecule has 0 amide bonds. The Bertz CT molecular complexity index is 652. The van der Waals surface area contributed by atoms with Gasteiger partial charge in [-0.15, -0.1) is 0 Å². The van der Waals surface area contributed by atoms with Gasteiger partial charge in [0.1, 0.15) is 5.84 Å². The minimum absolute atomic E-state index is 0.519. The van der Waals surface area contributed by atoms with Crippen molar-refractivity contribution in [3.05, 3.63) is 24.4 Å². The normalized spacial score (nSPS) is 23.7. The second-order valence-electron chi connectivity index (χ2n) is 7.76. The van der Waals surface area contributed by atoms with E-state index in [0.29, 0.717) is 17.6 Å². The largest absolute Gasteiger partial charge is 0.384 e. The molecule has 26 heavy (non-hydrogen) atoms. The first-order chi connectivity index (χ1) is 12.8. The Morgan fingerprint density at radius 1 is 1.08 bits per heavy atom. The van der Waals surface area contributed by atoms with Crippen LogP contribution < -0.4 is 10.6 Å². The van der Waals surface area contributed by atoms with Crippen LogP contribution in [0.25, 0.3) is 0 Å². The highest BCUT2D eigenvalue weighted by atomic mass is 15.3. The molecule has 1 saturated carbocycles. The topological polar surface area (TPSA) is 70.6 Å². The molecule has 2 saturated heterocycles. The first kappa shape index (κ1) is 17.5. The summed E-state index contributed by atoms with van der Waals surface area (Å²) in [6.45, 7) is 4.59. The van der Waals surface area contributed by atoms with Gasteiger partial charge in [0.2, 0.25) is 5.95 Å². The van der Waals surface area contributed by atoms with Crippen LogP contribution in [0.1, 0.15) is 44.9 Å². The molecule has 0 aromatic carbocycles. The highest BCUT2D eigenvalue weighted by Gasteiger charge is 2.26. The number of aliphatic imine (C=N–C) groups is 1. The highest BCUT2D eigenvalue weighted by Crippen LogP contribution is 2.30. The van der Waals surface area contributed by atoms with Crippen molar-refractivity contribution < 1.29 is 0 Å². The number of anilines is 1. The molecule has 0 bridgehead atoms. The molecule has 3 fully saturated rings. The Balaban J connectivity index is 1.35. The first-order valence-corrected chi connectivity index (χ1v) is 10.1. The summed E-state index contributed by atoms with van der Waals surface area (Å²) >= 11 is 0. The van der Waals surface area contributed by atoms with Crippen LogP contribution in [0.3, 0.4) is 0 Å². The number of likely N-dealkylation sites (tertiary alicyclic amines) is 1. The van der Waals surface area contributed by atoms with Crippen molar-refractivity contribution in [3.63, 3.8) is 0 Å². The maximum Gasteiger partial charge on any atom is 0.227 e. The van der Waals surface area contributed by atoms with E-state index in [9.17, 15) is 0 Å². The van der Waals surface area contributed by atoms with Crippen LogP contribution >= 0.6 is 0 Å². The van der Waals surface area contributed by atoms with E-state index < -0.39 is 0 Å². The second-order valence-corrected chi connectivity index (χ2v) is 7.76. The third kappa shape index (κ3) is 4.61. The fraction of sp³-hybridized carbons (Fsp3) is 0.650. The summed E-state index contributed by atoms with van der Waals surface area (Å²) in [5.74, 6) is 2.64. The Labute approximate surface area is 156 Å². The third-order valence-corrected chi connectivity index (χ3v) is 5.69. The average molecular weight is 355 g/mol. The van der Waals surface area contributed by atoms with E-state index in [-0.39, 0.29) is 0 Å². The number of nitrogens with zero attached hydrogens (tertiary/aromatic N) is 5. The summed E-state index contributed by atoms with van der Waals surface area (Å²) in [4.78, 5) is 18.5. The summed E-state index contributed by atoms with van der Waals surface area (Å²) in [5.41, 5.74) is 5.99. The van der Waals surface area contributed by atoms with Gasteiger partial charge in [0.15, 0.2) is 5.82 Å². The number of aromatic nitrogens is 2. The van der Waals surface area contributed by atoms with Crippen molar-refractivity contribution in [2.75, 3.05) is 31.1 Å². The summed E-state index contributed by atoms with van der Waals surface area (Å²) in [6.07, 6.45) is 14.9. The molecular weight excluding hydrogens is 324 g/mol. The van der Waals surface area contributed by atoms with Crippen LogP contribution in [0.4, 0.5) is 11.8 Å². The first-order valence-electron chi connectivity index (χ1n) is 10.1. The fourth-order valence-corrected chi connectivity index (χ4v) is 3.96. The molecule has 3 aliphatic rings. The van der Waals surface area contributed by atoms with Crippen LogP contribution in [0.5, 0.6) is 0 Å². The Kier molecular flexibility index (Phi) is 5.48. The minimum Gasteiger partial charge on any atom is -0.384 e. The van der Waals surface area contributed by atoms with Crippen LogP contribution in [0, 0.1) is 5.92 Å². The minimum atomic E-state index is 0.519. The van der Waals surface area contributed by atoms with Gasteiger partial charge < -0.3 is 15.5 Å². The van der Waals surface area contributed by atoms with E-state index in [1.54, 1.807) is 6.20 Å². The van der Waals surface area contributed by atoms with Gasteiger partial charge >= 0.3 is 0 Å². The average Bonchev–Trinajstić information content (AvgIpc) is 3.52. The SMILES string of the molecule is NC(/C=C/C1CC1)=Nc1ccnc(N2CCC(N3CCCCC3)CC2)n1. The molecule has 0 spiro atoms. The van der Waals surface area contributed by atoms with Gasteiger partial charge in [0, 0.05) is 31.4 Å². The molecule has 2 aliphatic heterocycles. The molecule has 0 atom stereocenters. The Morgan fingerprint density at radius 3 is 2.58 bits per heavy atom. The molecule has 3 heterocycles. The van der Waals surface area contributed by atoms with Crippen molar-refractivity contribution in [1.29, 1.82) is 0 Å². The molecule has 2 N–H and O–H groups in total. The molecule has 6 heteroatoms. The molecule has 1 aromatic rings. The lowest BCUT2D eigenvalue weighted by Crippen LogP contribution is -2.47. The maximum atomic E-state index is 5.99. The number of amidine groups is 1. The number of hydrogen-bond acceptors (Lipinski definition) is 5. The van der Waals surface area contributed by atoms with Gasteiger partial charge in [-0.2, -0.15) is 4.98 Å². The number of allylic oxidation sites excluding steroid dienone is 1. The molecule has 1 aromatic heterocycles. The Hall–Kier alpha value is -1.95. The van der Waals surface area contributed by atoms with Crippen molar-refractivity contribution in [1.82, 2.24) is 14.9 Å². The zero-order valence-corrected chi connectivity index (χ0v) is 15.6. The van der Waals surface area contributed by atoms with Crippen molar-refractivity contribution in [2.24, 2.45) is 16.6 Å². The van der Waals surface area contributed by atoms with E-state index in [2.05, 4.69) is 30.8 Å². The van der Waals surface area contributed by atoms with Crippen molar-refractivity contribution in [2.45, 2.75) is 51.0 Å². The van der Waals surface area contributed by atoms with Crippen LogP contribution in [-0.4, -0.2) is 52.9 Å². The molecule has 0 radical (unpaired) electrons. The van der Waals surface area contributed by atoms with Crippen LogP contribution in [0.15, 0.2) is 29.4 Å². The van der Waals surface area contributed by atoms with Gasteiger partial charge in [0.05, 0.1) is 0 Å². The molecule has 1 aliphatic carbocycles. The molecule has 0 unspecified atom stereocenters. The molecular formula is C20H30N6. The van der Waals surface area contributed by atoms with E-state index in [1.807, 2.05) is 12.1 Å². The lowest BCUT2D eigenvalue weighted by molar-refractivity contribution is 0.141. The maximum absolute atomic E-state index is 5.99. The summed E-state index contributed by atoms with van der Waals surface area (Å²) in [7, 11) is 0. The van der Waals surface area contributed by atoms with Gasteiger partial charge in [-0.25, -0.2) is 9.98 Å². The van der Waals surface area contributed by atoms with E-state index in [4.69, 9.17) is 5.73 Å². The van der Waals surface area contributed by atoms with Gasteiger partial charge in [-0.3, -0.25) is 0 Å². The third-order valence-electron chi connectivity index (χ3n) is 5.69. The number of rotatable bonds is 5. The quantitative estimate of drug-likeness (QED) is 0.650. The summed E-state index contributed by atoms with van der Waals surface area (Å²) in [6, 6.07) is 2.55. The van der Waals surface area contributed by atoms with E-state index in [0.717, 1.165) is 25.1 Å². The zero-order valence-electron chi connectivity index (χ0n) is 15.6. The van der Waals surface area contributed by atoms with Gasteiger partial charge in [0.25, 0.3) is 0 Å². The Morgan fingerprint density at radius 2 is 1.85 bits per heavy atom. The van der Waals surface area contributed by atoms with E-state index in [1.165, 1.54) is 58.0 Å². The standard InChI is InChI=1S/C20H30N6/c21-18(7-6-16-4-5-16)23-19-8-11-22-20(24-19)26-14-9-17(10-15-26)25-12-2-1-3-13-25/h6-8,11,16-17H,1-5,9-10,12-15H2,(H2,21,22,23,24)/b7-6+. The number of hydrogen-bond donors (Lipinski definition) is 1. The van der Waals surface area contributed by atoms with Crippen molar-refractivity contribution >= 4 is 17.6 Å². The monoisotopic (exact) mass is 354 g/mol. The zero-order chi connectivity index (χ0) is 17.8. The highest BCUT2D eigenvalue weighted by molar-refractivity contribution is 5.93. The van der Waals surface area contributed by atoms with Crippen molar-refractivity contribution in [3.8, 4) is 0 Å². The number of piperidine rings is 2. The van der Waals surface area contributed by atoms with Crippen LogP contribution in [0.2, 0.25) is 0 Å². The summed E-state index contributed by atoms with van der Waals surface area (Å²) in [5, 5.41) is 0. The molecule has 140 valence electrons. The summed E-state index contributed by atoms with van der Waals surface area (Å²) < 4.78 is 0. The lowest BCUT2D eigenvalue weighted by Gasteiger charge is -2.40. The molecule has 6 nitrogen and oxygen atoms in total. The molecule has 4 rings (SSSR count). The predicted octanol–water partition coefficient (Wildman–Crippen LogP) is 2.89. The smallest absolute Gasteiger partial charge is 0.227 e. The van der Waals surface area contributed by atoms with Gasteiger partial charge in [-0.05, 0) is 63.6 Å².